The molecule has 0 unspecified atom stereocenters. The van der Waals surface area contributed by atoms with Crippen LogP contribution in [-0.2, 0) is 20.0 Å². The molecule has 1 aliphatic carbocycles. The van der Waals surface area contributed by atoms with E-state index in [1.54, 1.807) is 6.07 Å². The van der Waals surface area contributed by atoms with E-state index in [1.165, 1.54) is 17.7 Å². The first-order chi connectivity index (χ1) is 14.5. The maximum absolute atomic E-state index is 12.7. The molecule has 160 valence electrons. The monoisotopic (exact) mass is 429 g/mol. The number of hydrogen-bond donors (Lipinski definition) is 1. The molecule has 0 radical (unpaired) electrons. The molecule has 1 amide bonds. The largest absolute Gasteiger partial charge is 0.486 e. The van der Waals surface area contributed by atoms with Crippen LogP contribution in [0.2, 0.25) is 0 Å². The van der Waals surface area contributed by atoms with Crippen LogP contribution in [0.5, 0.6) is 11.5 Å². The summed E-state index contributed by atoms with van der Waals surface area (Å²) in [5, 5.41) is 2.99. The Labute approximate surface area is 177 Å². The summed E-state index contributed by atoms with van der Waals surface area (Å²) in [7, 11) is -3.59. The van der Waals surface area contributed by atoms with Crippen molar-refractivity contribution >= 4 is 15.7 Å². The summed E-state index contributed by atoms with van der Waals surface area (Å²) >= 11 is 0. The van der Waals surface area contributed by atoms with Gasteiger partial charge in [-0.2, -0.15) is 0 Å². The quantitative estimate of drug-likeness (QED) is 0.731. The van der Waals surface area contributed by atoms with Crippen molar-refractivity contribution in [1.29, 1.82) is 0 Å². The van der Waals surface area contributed by atoms with E-state index in [4.69, 9.17) is 9.47 Å². The fourth-order valence-corrected chi connectivity index (χ4v) is 5.58. The molecule has 0 bridgehead atoms. The molecule has 2 aromatic rings. The molecule has 4 rings (SSSR count). The standard InChI is InChI=1S/C23H27NO5S/c25-22(24-17-23(11-4-5-12-23)18-6-2-1-3-7-18)10-15-30(26,27)19-8-9-20-21(16-19)29-14-13-28-20/h1-3,6-9,16H,4-5,10-15,17H2,(H,24,25). The van der Waals surface area contributed by atoms with Crippen molar-refractivity contribution < 1.29 is 22.7 Å². The van der Waals surface area contributed by atoms with Gasteiger partial charge in [0, 0.05) is 24.4 Å². The van der Waals surface area contributed by atoms with E-state index in [0.717, 1.165) is 25.7 Å². The van der Waals surface area contributed by atoms with Crippen molar-refractivity contribution in [3.05, 3.63) is 54.1 Å². The molecule has 0 atom stereocenters. The average molecular weight is 430 g/mol. The summed E-state index contributed by atoms with van der Waals surface area (Å²) in [6, 6.07) is 14.9. The topological polar surface area (TPSA) is 81.7 Å². The molecular formula is C23H27NO5S. The second-order valence-corrected chi connectivity index (χ2v) is 10.1. The van der Waals surface area contributed by atoms with Gasteiger partial charge in [0.25, 0.3) is 0 Å². The van der Waals surface area contributed by atoms with E-state index in [1.807, 2.05) is 18.2 Å². The van der Waals surface area contributed by atoms with Gasteiger partial charge in [-0.05, 0) is 30.5 Å². The molecule has 6 nitrogen and oxygen atoms in total. The highest BCUT2D eigenvalue weighted by Gasteiger charge is 2.35. The van der Waals surface area contributed by atoms with Crippen LogP contribution in [0.15, 0.2) is 53.4 Å². The molecule has 1 saturated carbocycles. The summed E-state index contributed by atoms with van der Waals surface area (Å²) in [5.74, 6) is 0.494. The van der Waals surface area contributed by atoms with E-state index in [-0.39, 0.29) is 28.4 Å². The van der Waals surface area contributed by atoms with Gasteiger partial charge >= 0.3 is 0 Å². The van der Waals surface area contributed by atoms with Gasteiger partial charge in [0.2, 0.25) is 5.91 Å². The number of benzene rings is 2. The minimum atomic E-state index is -3.59. The number of fused-ring (bicyclic) bond motifs is 1. The molecule has 2 aliphatic rings. The molecule has 2 aromatic carbocycles. The van der Waals surface area contributed by atoms with Crippen LogP contribution in [0.3, 0.4) is 0 Å². The highest BCUT2D eigenvalue weighted by Crippen LogP contribution is 2.40. The van der Waals surface area contributed by atoms with E-state index in [0.29, 0.717) is 31.3 Å². The summed E-state index contributed by atoms with van der Waals surface area (Å²) in [6.07, 6.45) is 4.29. The molecular weight excluding hydrogens is 402 g/mol. The Balaban J connectivity index is 1.36. The Bertz CT molecular complexity index is 998. The molecule has 30 heavy (non-hydrogen) atoms. The van der Waals surface area contributed by atoms with Crippen LogP contribution >= 0.6 is 0 Å². The smallest absolute Gasteiger partial charge is 0.221 e. The molecule has 0 saturated heterocycles. The summed E-state index contributed by atoms with van der Waals surface area (Å²) < 4.78 is 36.3. The number of ether oxygens (including phenoxy) is 2. The van der Waals surface area contributed by atoms with Crippen molar-refractivity contribution in [3.63, 3.8) is 0 Å². The Morgan fingerprint density at radius 2 is 1.67 bits per heavy atom. The highest BCUT2D eigenvalue weighted by atomic mass is 32.2. The van der Waals surface area contributed by atoms with Gasteiger partial charge in [-0.25, -0.2) is 8.42 Å². The summed E-state index contributed by atoms with van der Waals surface area (Å²) in [5.41, 5.74) is 1.19. The number of hydrogen-bond acceptors (Lipinski definition) is 5. The number of carbonyl (C=O) groups excluding carboxylic acids is 1. The van der Waals surface area contributed by atoms with E-state index in [9.17, 15) is 13.2 Å². The Morgan fingerprint density at radius 3 is 2.40 bits per heavy atom. The number of amides is 1. The first-order valence-corrected chi connectivity index (χ1v) is 12.1. The van der Waals surface area contributed by atoms with Crippen molar-refractivity contribution in [2.45, 2.75) is 42.4 Å². The molecule has 1 aliphatic heterocycles. The summed E-state index contributed by atoms with van der Waals surface area (Å²) in [6.45, 7) is 1.38. The van der Waals surface area contributed by atoms with Crippen LogP contribution in [0.25, 0.3) is 0 Å². The van der Waals surface area contributed by atoms with Crippen molar-refractivity contribution in [2.24, 2.45) is 0 Å². The van der Waals surface area contributed by atoms with Crippen LogP contribution in [-0.4, -0.2) is 39.8 Å². The predicted molar refractivity (Wildman–Crippen MR) is 114 cm³/mol. The predicted octanol–water partition coefficient (Wildman–Crippen LogP) is 3.25. The van der Waals surface area contributed by atoms with E-state index >= 15 is 0 Å². The maximum Gasteiger partial charge on any atom is 0.221 e. The van der Waals surface area contributed by atoms with Gasteiger partial charge in [-0.3, -0.25) is 4.79 Å². The third kappa shape index (κ3) is 4.46. The second-order valence-electron chi connectivity index (χ2n) is 8.00. The third-order valence-corrected chi connectivity index (χ3v) is 7.76. The molecule has 0 spiro atoms. The second kappa shape index (κ2) is 8.68. The first kappa shape index (κ1) is 20.7. The minimum Gasteiger partial charge on any atom is -0.486 e. The lowest BCUT2D eigenvalue weighted by Gasteiger charge is -2.30. The molecule has 0 aromatic heterocycles. The first-order valence-electron chi connectivity index (χ1n) is 10.4. The normalized spacial score (nSPS) is 17.5. The molecule has 1 N–H and O–H groups in total. The average Bonchev–Trinajstić information content (AvgIpc) is 3.27. The minimum absolute atomic E-state index is 0.0500. The van der Waals surface area contributed by atoms with Gasteiger partial charge in [-0.1, -0.05) is 43.2 Å². The lowest BCUT2D eigenvalue weighted by atomic mass is 9.79. The van der Waals surface area contributed by atoms with Gasteiger partial charge < -0.3 is 14.8 Å². The SMILES string of the molecule is O=C(CCS(=O)(=O)c1ccc2c(c1)OCCO2)NCC1(c2ccccc2)CCCC1. The Kier molecular flexibility index (Phi) is 5.99. The number of nitrogens with one attached hydrogen (secondary N) is 1. The van der Waals surface area contributed by atoms with Crippen LogP contribution in [0.4, 0.5) is 0 Å². The number of rotatable bonds is 7. The van der Waals surface area contributed by atoms with Crippen LogP contribution < -0.4 is 14.8 Å². The zero-order chi connectivity index (χ0) is 21.0. The van der Waals surface area contributed by atoms with Gasteiger partial charge in [-0.15, -0.1) is 0 Å². The number of carbonyl (C=O) groups is 1. The fraction of sp³-hybridized carbons (Fsp3) is 0.435. The van der Waals surface area contributed by atoms with Gasteiger partial charge in [0.15, 0.2) is 21.3 Å². The molecule has 1 heterocycles. The zero-order valence-corrected chi connectivity index (χ0v) is 17.7. The fourth-order valence-electron chi connectivity index (χ4n) is 4.33. The molecule has 7 heteroatoms. The van der Waals surface area contributed by atoms with Crippen molar-refractivity contribution in [1.82, 2.24) is 5.32 Å². The number of sulfone groups is 1. The van der Waals surface area contributed by atoms with E-state index in [2.05, 4.69) is 17.4 Å². The van der Waals surface area contributed by atoms with Crippen LogP contribution in [0.1, 0.15) is 37.7 Å². The zero-order valence-electron chi connectivity index (χ0n) is 16.9. The Morgan fingerprint density at radius 1 is 0.967 bits per heavy atom. The highest BCUT2D eigenvalue weighted by molar-refractivity contribution is 7.91. The lowest BCUT2D eigenvalue weighted by molar-refractivity contribution is -0.121. The van der Waals surface area contributed by atoms with Gasteiger partial charge in [0.1, 0.15) is 13.2 Å². The maximum atomic E-state index is 12.7. The van der Waals surface area contributed by atoms with Gasteiger partial charge in [0.05, 0.1) is 10.6 Å². The van der Waals surface area contributed by atoms with Crippen LogP contribution in [0, 0.1) is 0 Å². The van der Waals surface area contributed by atoms with E-state index < -0.39 is 9.84 Å². The third-order valence-electron chi connectivity index (χ3n) is 6.04. The Hall–Kier alpha value is -2.54. The van der Waals surface area contributed by atoms with Crippen molar-refractivity contribution in [2.75, 3.05) is 25.5 Å². The van der Waals surface area contributed by atoms with Crippen molar-refractivity contribution in [3.8, 4) is 11.5 Å². The summed E-state index contributed by atoms with van der Waals surface area (Å²) in [4.78, 5) is 12.6. The molecule has 1 fully saturated rings. The lowest BCUT2D eigenvalue weighted by Crippen LogP contribution is -2.39.